The summed E-state index contributed by atoms with van der Waals surface area (Å²) in [5.41, 5.74) is 0.653. The number of rotatable bonds is 3. The number of benzene rings is 1. The smallest absolute Gasteiger partial charge is 0.162 e. The first kappa shape index (κ1) is 11.6. The monoisotopic (exact) mass is 240 g/mol. The highest BCUT2D eigenvalue weighted by Crippen LogP contribution is 2.24. The molecule has 5 heteroatoms. The molecule has 0 aliphatic rings. The number of allylic oxidation sites excluding steroid dienone is 1. The molecule has 0 heterocycles. The molecule has 0 amide bonds. The number of nitrogens with zero attached hydrogens (tertiary/aromatic N) is 1. The summed E-state index contributed by atoms with van der Waals surface area (Å²) in [5, 5.41) is 12.1. The lowest BCUT2D eigenvalue weighted by Crippen LogP contribution is -1.91. The van der Waals surface area contributed by atoms with Gasteiger partial charge in [0.1, 0.15) is 11.6 Å². The number of hydrogen-bond donors (Lipinski definition) is 1. The van der Waals surface area contributed by atoms with Crippen molar-refractivity contribution in [1.82, 2.24) is 0 Å². The number of carbonyl (C=O) groups excluding carboxylic acids is 1. The molecule has 0 saturated carbocycles. The summed E-state index contributed by atoms with van der Waals surface area (Å²) in [7, 11) is 0. The van der Waals surface area contributed by atoms with Crippen LogP contribution in [0.4, 0.5) is 5.69 Å². The molecule has 0 atom stereocenters. The lowest BCUT2D eigenvalue weighted by Gasteiger charge is -2.02. The zero-order valence-electron chi connectivity index (χ0n) is 7.50. The quantitative estimate of drug-likeness (QED) is 0.502. The summed E-state index contributed by atoms with van der Waals surface area (Å²) < 4.78 is 0. The van der Waals surface area contributed by atoms with E-state index in [0.29, 0.717) is 22.0 Å². The number of anilines is 1. The molecular formula is C10H6Cl2N2O. The third kappa shape index (κ3) is 3.28. The summed E-state index contributed by atoms with van der Waals surface area (Å²) in [6, 6.07) is 6.62. The molecule has 0 aliphatic carbocycles. The molecule has 0 bridgehead atoms. The zero-order valence-corrected chi connectivity index (χ0v) is 9.01. The van der Waals surface area contributed by atoms with Crippen LogP contribution in [0.15, 0.2) is 30.0 Å². The Hall–Kier alpha value is -1.50. The molecule has 3 nitrogen and oxygen atoms in total. The first-order chi connectivity index (χ1) is 7.17. The van der Waals surface area contributed by atoms with Crippen LogP contribution in [0.25, 0.3) is 0 Å². The van der Waals surface area contributed by atoms with Crippen molar-refractivity contribution in [3.05, 3.63) is 40.0 Å². The Kier molecular flexibility index (Phi) is 4.17. The van der Waals surface area contributed by atoms with E-state index in [0.717, 1.165) is 0 Å². The minimum Gasteiger partial charge on any atom is -0.360 e. The van der Waals surface area contributed by atoms with Crippen molar-refractivity contribution in [2.75, 3.05) is 5.32 Å². The average molecular weight is 241 g/mol. The topological polar surface area (TPSA) is 52.9 Å². The van der Waals surface area contributed by atoms with Crippen LogP contribution in [0.5, 0.6) is 0 Å². The second-order valence-corrected chi connectivity index (χ2v) is 3.42. The van der Waals surface area contributed by atoms with Crippen molar-refractivity contribution in [3.63, 3.8) is 0 Å². The van der Waals surface area contributed by atoms with Crippen molar-refractivity contribution in [2.45, 2.75) is 0 Å². The van der Waals surface area contributed by atoms with E-state index in [1.54, 1.807) is 24.3 Å². The van der Waals surface area contributed by atoms with Gasteiger partial charge in [-0.15, -0.1) is 0 Å². The second-order valence-electron chi connectivity index (χ2n) is 2.60. The van der Waals surface area contributed by atoms with Gasteiger partial charge in [0.2, 0.25) is 0 Å². The van der Waals surface area contributed by atoms with Gasteiger partial charge in [-0.25, -0.2) is 0 Å². The van der Waals surface area contributed by atoms with E-state index in [1.165, 1.54) is 6.20 Å². The molecule has 1 N–H and O–H groups in total. The van der Waals surface area contributed by atoms with Crippen LogP contribution in [0.2, 0.25) is 10.0 Å². The summed E-state index contributed by atoms with van der Waals surface area (Å²) in [4.78, 5) is 10.3. The van der Waals surface area contributed by atoms with Crippen molar-refractivity contribution in [1.29, 1.82) is 5.26 Å². The van der Waals surface area contributed by atoms with Crippen LogP contribution in [0, 0.1) is 11.3 Å². The Morgan fingerprint density at radius 3 is 2.67 bits per heavy atom. The molecule has 15 heavy (non-hydrogen) atoms. The Morgan fingerprint density at radius 1 is 1.40 bits per heavy atom. The lowest BCUT2D eigenvalue weighted by molar-refractivity contribution is -0.104. The van der Waals surface area contributed by atoms with E-state index in [2.05, 4.69) is 5.32 Å². The number of hydrogen-bond acceptors (Lipinski definition) is 3. The second kappa shape index (κ2) is 5.40. The van der Waals surface area contributed by atoms with Gasteiger partial charge >= 0.3 is 0 Å². The average Bonchev–Trinajstić information content (AvgIpc) is 2.24. The number of carbonyl (C=O) groups is 1. The van der Waals surface area contributed by atoms with Crippen molar-refractivity contribution in [2.24, 2.45) is 0 Å². The minimum absolute atomic E-state index is 0.000993. The van der Waals surface area contributed by atoms with Crippen LogP contribution < -0.4 is 5.32 Å². The molecule has 1 aromatic carbocycles. The molecule has 1 aromatic rings. The molecule has 1 rings (SSSR count). The van der Waals surface area contributed by atoms with Gasteiger partial charge in [0.15, 0.2) is 6.29 Å². The third-order valence-electron chi connectivity index (χ3n) is 1.57. The van der Waals surface area contributed by atoms with Crippen molar-refractivity contribution < 1.29 is 4.79 Å². The standard InChI is InChI=1S/C10H6Cl2N2O/c11-9-2-1-8(3-10(9)12)14-5-7(4-13)6-15/h1-3,5-6,14H/b7-5-. The molecule has 0 aliphatic heterocycles. The number of aldehydes is 1. The number of nitriles is 1. The first-order valence-corrected chi connectivity index (χ1v) is 4.70. The normalized spacial score (nSPS) is 10.6. The highest BCUT2D eigenvalue weighted by atomic mass is 35.5. The maximum atomic E-state index is 10.3. The van der Waals surface area contributed by atoms with Crippen LogP contribution in [-0.4, -0.2) is 6.29 Å². The maximum absolute atomic E-state index is 10.3. The van der Waals surface area contributed by atoms with Crippen LogP contribution in [-0.2, 0) is 4.79 Å². The molecule has 76 valence electrons. The van der Waals surface area contributed by atoms with E-state index >= 15 is 0 Å². The SMILES string of the molecule is N#C/C(C=O)=C/Nc1ccc(Cl)c(Cl)c1. The van der Waals surface area contributed by atoms with Gasteiger partial charge in [0.05, 0.1) is 10.0 Å². The third-order valence-corrected chi connectivity index (χ3v) is 2.31. The minimum atomic E-state index is 0.000993. The number of halogens is 2. The fraction of sp³-hybridized carbons (Fsp3) is 0. The van der Waals surface area contributed by atoms with E-state index in [4.69, 9.17) is 28.5 Å². The van der Waals surface area contributed by atoms with Crippen molar-refractivity contribution in [3.8, 4) is 6.07 Å². The molecule has 0 radical (unpaired) electrons. The van der Waals surface area contributed by atoms with Crippen LogP contribution in [0.1, 0.15) is 0 Å². The fourth-order valence-corrected chi connectivity index (χ4v) is 1.14. The van der Waals surface area contributed by atoms with Gasteiger partial charge in [0.25, 0.3) is 0 Å². The molecule has 0 spiro atoms. The van der Waals surface area contributed by atoms with E-state index in [9.17, 15) is 4.79 Å². The molecule has 0 fully saturated rings. The summed E-state index contributed by atoms with van der Waals surface area (Å²) in [6.45, 7) is 0. The van der Waals surface area contributed by atoms with Crippen molar-refractivity contribution >= 4 is 35.2 Å². The zero-order chi connectivity index (χ0) is 11.3. The van der Waals surface area contributed by atoms with Gasteiger partial charge < -0.3 is 5.32 Å². The van der Waals surface area contributed by atoms with Gasteiger partial charge in [-0.1, -0.05) is 23.2 Å². The molecular weight excluding hydrogens is 235 g/mol. The van der Waals surface area contributed by atoms with Gasteiger partial charge in [-0.2, -0.15) is 5.26 Å². The summed E-state index contributed by atoms with van der Waals surface area (Å²) in [6.07, 6.45) is 1.76. The first-order valence-electron chi connectivity index (χ1n) is 3.94. The lowest BCUT2D eigenvalue weighted by atomic mass is 10.3. The Bertz CT molecular complexity index is 449. The Morgan fingerprint density at radius 2 is 2.13 bits per heavy atom. The molecule has 0 aromatic heterocycles. The van der Waals surface area contributed by atoms with Gasteiger partial charge in [0, 0.05) is 11.9 Å². The summed E-state index contributed by atoms with van der Waals surface area (Å²) >= 11 is 11.5. The molecule has 0 saturated heterocycles. The van der Waals surface area contributed by atoms with Crippen LogP contribution >= 0.6 is 23.2 Å². The van der Waals surface area contributed by atoms with E-state index < -0.39 is 0 Å². The predicted molar refractivity (Wildman–Crippen MR) is 59.8 cm³/mol. The predicted octanol–water partition coefficient (Wildman–Crippen LogP) is 3.01. The van der Waals surface area contributed by atoms with Gasteiger partial charge in [-0.05, 0) is 18.2 Å². The number of nitrogens with one attached hydrogen (secondary N) is 1. The fourth-order valence-electron chi connectivity index (χ4n) is 0.840. The highest BCUT2D eigenvalue weighted by molar-refractivity contribution is 6.42. The van der Waals surface area contributed by atoms with E-state index in [-0.39, 0.29) is 5.57 Å². The Balaban J connectivity index is 2.83. The highest BCUT2D eigenvalue weighted by Gasteiger charge is 1.98. The molecule has 0 unspecified atom stereocenters. The largest absolute Gasteiger partial charge is 0.360 e. The Labute approximate surface area is 96.9 Å². The van der Waals surface area contributed by atoms with Crippen LogP contribution in [0.3, 0.4) is 0 Å². The summed E-state index contributed by atoms with van der Waals surface area (Å²) in [5.74, 6) is 0. The van der Waals surface area contributed by atoms with Gasteiger partial charge in [-0.3, -0.25) is 4.79 Å². The van der Waals surface area contributed by atoms with E-state index in [1.807, 2.05) is 0 Å². The maximum Gasteiger partial charge on any atom is 0.162 e.